The zero-order chi connectivity index (χ0) is 15.7. The van der Waals surface area contributed by atoms with Crippen LogP contribution in [0, 0.1) is 11.6 Å². The third-order valence-corrected chi connectivity index (χ3v) is 3.05. The van der Waals surface area contributed by atoms with Crippen molar-refractivity contribution in [3.63, 3.8) is 0 Å². The molecule has 0 saturated carbocycles. The first-order chi connectivity index (χ1) is 10.5. The molecule has 112 valence electrons. The van der Waals surface area contributed by atoms with Crippen molar-refractivity contribution in [3.8, 4) is 5.75 Å². The molecule has 5 nitrogen and oxygen atoms in total. The number of benzene rings is 2. The average molecular weight is 304 g/mol. The number of ether oxygens (including phenoxy) is 1. The lowest BCUT2D eigenvalue weighted by Gasteiger charge is -2.24. The quantitative estimate of drug-likeness (QED) is 0.837. The Kier molecular flexibility index (Phi) is 3.46. The number of carbonyl (C=O) groups is 2. The number of nitrogens with one attached hydrogen (secondary N) is 2. The minimum atomic E-state index is -1.49. The van der Waals surface area contributed by atoms with Gasteiger partial charge in [-0.25, -0.2) is 8.78 Å². The van der Waals surface area contributed by atoms with E-state index in [0.717, 1.165) is 18.2 Å². The second kappa shape index (κ2) is 5.44. The van der Waals surface area contributed by atoms with Gasteiger partial charge in [-0.15, -0.1) is 0 Å². The van der Waals surface area contributed by atoms with Gasteiger partial charge in [0.05, 0.1) is 11.4 Å². The van der Waals surface area contributed by atoms with Gasteiger partial charge < -0.3 is 15.4 Å². The fourth-order valence-corrected chi connectivity index (χ4v) is 2.02. The molecular formula is C15H10F2N2O3. The van der Waals surface area contributed by atoms with Gasteiger partial charge in [-0.2, -0.15) is 0 Å². The van der Waals surface area contributed by atoms with Crippen LogP contribution in [0.15, 0.2) is 42.5 Å². The van der Waals surface area contributed by atoms with Gasteiger partial charge in [0.1, 0.15) is 17.4 Å². The largest absolute Gasteiger partial charge is 0.468 e. The van der Waals surface area contributed by atoms with Crippen LogP contribution in [0.2, 0.25) is 0 Å². The lowest BCUT2D eigenvalue weighted by molar-refractivity contribution is -0.133. The highest BCUT2D eigenvalue weighted by Crippen LogP contribution is 2.29. The number of rotatable bonds is 2. The van der Waals surface area contributed by atoms with E-state index in [1.165, 1.54) is 0 Å². The van der Waals surface area contributed by atoms with Crippen molar-refractivity contribution in [1.29, 1.82) is 0 Å². The Morgan fingerprint density at radius 1 is 1.18 bits per heavy atom. The summed E-state index contributed by atoms with van der Waals surface area (Å²) in [5.41, 5.74) is 0.0775. The molecule has 1 aliphatic rings. The molecule has 2 aromatic carbocycles. The Labute approximate surface area is 123 Å². The van der Waals surface area contributed by atoms with E-state index in [1.807, 2.05) is 0 Å². The summed E-state index contributed by atoms with van der Waals surface area (Å²) in [4.78, 5) is 23.9. The van der Waals surface area contributed by atoms with E-state index in [9.17, 15) is 18.4 Å². The van der Waals surface area contributed by atoms with Gasteiger partial charge in [0.25, 0.3) is 17.9 Å². The minimum absolute atomic E-state index is 0.321. The zero-order valence-corrected chi connectivity index (χ0v) is 11.1. The smallest absolute Gasteiger partial charge is 0.275 e. The number of hydrogen-bond acceptors (Lipinski definition) is 3. The van der Waals surface area contributed by atoms with Crippen molar-refractivity contribution < 1.29 is 23.1 Å². The standard InChI is InChI=1S/C15H10F2N2O3/c16-8-5-6-9(17)11(7-8)19-15(21)13-14(20)18-10-3-1-2-4-12(10)22-13/h1-7,13H,(H,18,20)(H,19,21)/t13-/m1/s1. The zero-order valence-electron chi connectivity index (χ0n) is 11.1. The van der Waals surface area contributed by atoms with Crippen LogP contribution >= 0.6 is 0 Å². The number of fused-ring (bicyclic) bond motifs is 1. The highest BCUT2D eigenvalue weighted by molar-refractivity contribution is 6.15. The van der Waals surface area contributed by atoms with Crippen molar-refractivity contribution in [2.45, 2.75) is 6.10 Å². The Morgan fingerprint density at radius 2 is 1.95 bits per heavy atom. The molecule has 2 aromatic rings. The summed E-state index contributed by atoms with van der Waals surface area (Å²) in [6.07, 6.45) is -1.49. The lowest BCUT2D eigenvalue weighted by Crippen LogP contribution is -2.45. The summed E-state index contributed by atoms with van der Waals surface area (Å²) < 4.78 is 31.9. The molecule has 1 atom stereocenters. The summed E-state index contributed by atoms with van der Waals surface area (Å²) in [5, 5.41) is 4.65. The van der Waals surface area contributed by atoms with E-state index in [0.29, 0.717) is 11.4 Å². The average Bonchev–Trinajstić information content (AvgIpc) is 2.50. The number of anilines is 2. The predicted octanol–water partition coefficient (Wildman–Crippen LogP) is 2.30. The van der Waals surface area contributed by atoms with Gasteiger partial charge in [0, 0.05) is 6.07 Å². The van der Waals surface area contributed by atoms with Crippen LogP contribution in [0.3, 0.4) is 0 Å². The molecular weight excluding hydrogens is 294 g/mol. The normalized spacial score (nSPS) is 16.3. The van der Waals surface area contributed by atoms with Gasteiger partial charge in [-0.3, -0.25) is 9.59 Å². The van der Waals surface area contributed by atoms with Gasteiger partial charge >= 0.3 is 0 Å². The van der Waals surface area contributed by atoms with E-state index >= 15 is 0 Å². The Bertz CT molecular complexity index is 764. The van der Waals surface area contributed by atoms with E-state index in [-0.39, 0.29) is 5.69 Å². The summed E-state index contributed by atoms with van der Waals surface area (Å²) in [7, 11) is 0. The van der Waals surface area contributed by atoms with Crippen molar-refractivity contribution in [1.82, 2.24) is 0 Å². The molecule has 1 heterocycles. The first-order valence-electron chi connectivity index (χ1n) is 6.37. The molecule has 0 fully saturated rings. The van der Waals surface area contributed by atoms with Gasteiger partial charge in [0.2, 0.25) is 0 Å². The SMILES string of the molecule is O=C(Nc1cc(F)ccc1F)[C@@H]1Oc2ccccc2NC1=O. The molecule has 0 radical (unpaired) electrons. The Hall–Kier alpha value is -2.96. The lowest BCUT2D eigenvalue weighted by atomic mass is 10.2. The Morgan fingerprint density at radius 3 is 2.77 bits per heavy atom. The maximum atomic E-state index is 13.5. The number of halogens is 2. The van der Waals surface area contributed by atoms with Crippen LogP contribution in [-0.4, -0.2) is 17.9 Å². The molecule has 1 aliphatic heterocycles. The second-order valence-corrected chi connectivity index (χ2v) is 4.60. The summed E-state index contributed by atoms with van der Waals surface area (Å²) in [6, 6.07) is 9.20. The maximum absolute atomic E-state index is 13.5. The van der Waals surface area contributed by atoms with Crippen LogP contribution in [0.25, 0.3) is 0 Å². The van der Waals surface area contributed by atoms with Crippen molar-refractivity contribution >= 4 is 23.2 Å². The molecule has 7 heteroatoms. The van der Waals surface area contributed by atoms with Crippen LogP contribution in [0.5, 0.6) is 5.75 Å². The summed E-state index contributed by atoms with van der Waals surface area (Å²) >= 11 is 0. The van der Waals surface area contributed by atoms with Gasteiger partial charge in [-0.05, 0) is 24.3 Å². The maximum Gasteiger partial charge on any atom is 0.275 e. The van der Waals surface area contributed by atoms with E-state index in [4.69, 9.17) is 4.74 Å². The number of carbonyl (C=O) groups excluding carboxylic acids is 2. The second-order valence-electron chi connectivity index (χ2n) is 4.60. The van der Waals surface area contributed by atoms with Crippen LogP contribution in [-0.2, 0) is 9.59 Å². The fourth-order valence-electron chi connectivity index (χ4n) is 2.02. The van der Waals surface area contributed by atoms with Gasteiger partial charge in [0.15, 0.2) is 0 Å². The van der Waals surface area contributed by atoms with E-state index < -0.39 is 29.6 Å². The van der Waals surface area contributed by atoms with Gasteiger partial charge in [-0.1, -0.05) is 12.1 Å². The molecule has 0 aliphatic carbocycles. The molecule has 2 amide bonds. The number of para-hydroxylation sites is 2. The fraction of sp³-hybridized carbons (Fsp3) is 0.0667. The molecule has 3 rings (SSSR count). The molecule has 0 aromatic heterocycles. The highest BCUT2D eigenvalue weighted by atomic mass is 19.1. The highest BCUT2D eigenvalue weighted by Gasteiger charge is 2.34. The molecule has 0 spiro atoms. The van der Waals surface area contributed by atoms with Crippen LogP contribution in [0.1, 0.15) is 0 Å². The third kappa shape index (κ3) is 2.60. The number of amides is 2. The predicted molar refractivity (Wildman–Crippen MR) is 74.5 cm³/mol. The van der Waals surface area contributed by atoms with Crippen LogP contribution < -0.4 is 15.4 Å². The molecule has 2 N–H and O–H groups in total. The monoisotopic (exact) mass is 304 g/mol. The van der Waals surface area contributed by atoms with Crippen molar-refractivity contribution in [2.75, 3.05) is 10.6 Å². The van der Waals surface area contributed by atoms with Crippen molar-refractivity contribution in [2.24, 2.45) is 0 Å². The van der Waals surface area contributed by atoms with Crippen LogP contribution in [0.4, 0.5) is 20.2 Å². The van der Waals surface area contributed by atoms with E-state index in [1.54, 1.807) is 24.3 Å². The van der Waals surface area contributed by atoms with Crippen molar-refractivity contribution in [3.05, 3.63) is 54.1 Å². The molecule has 0 unspecified atom stereocenters. The Balaban J connectivity index is 1.81. The third-order valence-electron chi connectivity index (χ3n) is 3.05. The first-order valence-corrected chi connectivity index (χ1v) is 6.37. The van der Waals surface area contributed by atoms with E-state index in [2.05, 4.69) is 10.6 Å². The topological polar surface area (TPSA) is 67.4 Å². The number of hydrogen-bond donors (Lipinski definition) is 2. The summed E-state index contributed by atoms with van der Waals surface area (Å²) in [5.74, 6) is -2.78. The minimum Gasteiger partial charge on any atom is -0.468 e. The molecule has 0 bridgehead atoms. The molecule has 22 heavy (non-hydrogen) atoms. The summed E-state index contributed by atoms with van der Waals surface area (Å²) in [6.45, 7) is 0. The molecule has 0 saturated heterocycles. The first kappa shape index (κ1) is 14.0.